The zero-order valence-corrected chi connectivity index (χ0v) is 16.8. The summed E-state index contributed by atoms with van der Waals surface area (Å²) in [5.74, 6) is 2.97. The highest BCUT2D eigenvalue weighted by Crippen LogP contribution is 2.29. The van der Waals surface area contributed by atoms with Crippen LogP contribution in [-0.4, -0.2) is 38.7 Å². The maximum atomic E-state index is 5.21. The number of aliphatic imine (C=N–C) groups is 1. The highest BCUT2D eigenvalue weighted by atomic mass is 32.2. The van der Waals surface area contributed by atoms with Gasteiger partial charge in [0.05, 0.1) is 13.7 Å². The molecule has 6 heteroatoms. The van der Waals surface area contributed by atoms with Gasteiger partial charge < -0.3 is 15.4 Å². The number of guanidine groups is 1. The summed E-state index contributed by atoms with van der Waals surface area (Å²) in [6.07, 6.45) is 4.55. The molecule has 0 aliphatic carbocycles. The van der Waals surface area contributed by atoms with Gasteiger partial charge in [0, 0.05) is 23.3 Å². The lowest BCUT2D eigenvalue weighted by Crippen LogP contribution is -2.37. The smallest absolute Gasteiger partial charge is 0.191 e. The SMILES string of the molecule is CN=C(NCCCCSC)NCc1ccc(-c2ccc(OC)cc2)s1. The van der Waals surface area contributed by atoms with Gasteiger partial charge in [-0.05, 0) is 66.8 Å². The number of hydrogen-bond acceptors (Lipinski definition) is 4. The summed E-state index contributed by atoms with van der Waals surface area (Å²) in [5.41, 5.74) is 1.22. The third kappa shape index (κ3) is 6.63. The molecule has 0 bridgehead atoms. The predicted molar refractivity (Wildman–Crippen MR) is 112 cm³/mol. The van der Waals surface area contributed by atoms with Gasteiger partial charge in [-0.15, -0.1) is 11.3 Å². The number of nitrogens with zero attached hydrogens (tertiary/aromatic N) is 1. The highest BCUT2D eigenvalue weighted by molar-refractivity contribution is 7.98. The molecule has 2 rings (SSSR count). The summed E-state index contributed by atoms with van der Waals surface area (Å²) < 4.78 is 5.21. The Morgan fingerprint density at radius 3 is 2.60 bits per heavy atom. The third-order valence-corrected chi connectivity index (χ3v) is 5.59. The fourth-order valence-electron chi connectivity index (χ4n) is 2.35. The van der Waals surface area contributed by atoms with Gasteiger partial charge in [0.2, 0.25) is 0 Å². The van der Waals surface area contributed by atoms with E-state index in [9.17, 15) is 0 Å². The zero-order chi connectivity index (χ0) is 17.9. The van der Waals surface area contributed by atoms with E-state index in [2.05, 4.69) is 46.1 Å². The van der Waals surface area contributed by atoms with E-state index in [-0.39, 0.29) is 0 Å². The second-order valence-corrected chi connectivity index (χ2v) is 7.70. The molecular weight excluding hydrogens is 350 g/mol. The summed E-state index contributed by atoms with van der Waals surface area (Å²) >= 11 is 3.69. The first kappa shape index (κ1) is 19.7. The molecule has 0 fully saturated rings. The Balaban J connectivity index is 1.81. The lowest BCUT2D eigenvalue weighted by Gasteiger charge is -2.10. The first-order chi connectivity index (χ1) is 12.3. The molecule has 0 unspecified atom stereocenters. The van der Waals surface area contributed by atoms with Crippen LogP contribution in [0.3, 0.4) is 0 Å². The zero-order valence-electron chi connectivity index (χ0n) is 15.2. The number of thiophene rings is 1. The van der Waals surface area contributed by atoms with Crippen molar-refractivity contribution in [3.8, 4) is 16.2 Å². The van der Waals surface area contributed by atoms with Crippen molar-refractivity contribution in [2.24, 2.45) is 4.99 Å². The monoisotopic (exact) mass is 377 g/mol. The number of methoxy groups -OCH3 is 1. The van der Waals surface area contributed by atoms with Crippen LogP contribution in [0.5, 0.6) is 5.75 Å². The van der Waals surface area contributed by atoms with Gasteiger partial charge in [-0.1, -0.05) is 0 Å². The maximum absolute atomic E-state index is 5.21. The van der Waals surface area contributed by atoms with Crippen LogP contribution in [0.25, 0.3) is 10.4 Å². The molecule has 0 saturated carbocycles. The summed E-state index contributed by atoms with van der Waals surface area (Å²) in [7, 11) is 3.50. The van der Waals surface area contributed by atoms with Gasteiger partial charge in [0.15, 0.2) is 5.96 Å². The predicted octanol–water partition coefficient (Wildman–Crippen LogP) is 4.23. The molecule has 0 atom stereocenters. The van der Waals surface area contributed by atoms with Crippen LogP contribution in [0, 0.1) is 0 Å². The van der Waals surface area contributed by atoms with Crippen molar-refractivity contribution in [3.05, 3.63) is 41.3 Å². The third-order valence-electron chi connectivity index (χ3n) is 3.76. The minimum atomic E-state index is 0.783. The molecule has 136 valence electrons. The van der Waals surface area contributed by atoms with Crippen LogP contribution in [0.1, 0.15) is 17.7 Å². The van der Waals surface area contributed by atoms with Crippen LogP contribution < -0.4 is 15.4 Å². The topological polar surface area (TPSA) is 45.7 Å². The Labute approximate surface area is 159 Å². The number of ether oxygens (including phenoxy) is 1. The molecule has 1 aromatic carbocycles. The second kappa shape index (κ2) is 11.1. The molecule has 0 amide bonds. The van der Waals surface area contributed by atoms with Crippen LogP contribution in [0.4, 0.5) is 0 Å². The Hall–Kier alpha value is -1.66. The van der Waals surface area contributed by atoms with Crippen molar-refractivity contribution >= 4 is 29.1 Å². The quantitative estimate of drug-likeness (QED) is 0.390. The van der Waals surface area contributed by atoms with Gasteiger partial charge in [0.1, 0.15) is 5.75 Å². The van der Waals surface area contributed by atoms with Gasteiger partial charge in [-0.25, -0.2) is 0 Å². The summed E-state index contributed by atoms with van der Waals surface area (Å²) in [5, 5.41) is 6.75. The molecule has 0 aliphatic rings. The van der Waals surface area contributed by atoms with Gasteiger partial charge in [-0.2, -0.15) is 11.8 Å². The van der Waals surface area contributed by atoms with E-state index < -0.39 is 0 Å². The van der Waals surface area contributed by atoms with Crippen molar-refractivity contribution in [2.45, 2.75) is 19.4 Å². The molecule has 1 heterocycles. The number of thioether (sulfide) groups is 1. The van der Waals surface area contributed by atoms with Crippen LogP contribution in [0.2, 0.25) is 0 Å². The van der Waals surface area contributed by atoms with Gasteiger partial charge in [0.25, 0.3) is 0 Å². The van der Waals surface area contributed by atoms with E-state index in [4.69, 9.17) is 4.74 Å². The van der Waals surface area contributed by atoms with Crippen molar-refractivity contribution in [3.63, 3.8) is 0 Å². The Morgan fingerprint density at radius 2 is 1.92 bits per heavy atom. The minimum absolute atomic E-state index is 0.783. The van der Waals surface area contributed by atoms with E-state index >= 15 is 0 Å². The fourth-order valence-corrected chi connectivity index (χ4v) is 3.80. The standard InChI is InChI=1S/C19H27N3OS2/c1-20-19(21-12-4-5-13-24-3)22-14-17-10-11-18(25-17)15-6-8-16(23-2)9-7-15/h6-11H,4-5,12-14H2,1-3H3,(H2,20,21,22). The Bertz CT molecular complexity index is 653. The summed E-state index contributed by atoms with van der Waals surface area (Å²) in [6, 6.07) is 12.5. The van der Waals surface area contributed by atoms with Crippen molar-refractivity contribution in [2.75, 3.05) is 32.7 Å². The van der Waals surface area contributed by atoms with E-state index in [0.717, 1.165) is 24.8 Å². The lowest BCUT2D eigenvalue weighted by atomic mass is 10.2. The van der Waals surface area contributed by atoms with Crippen molar-refractivity contribution in [1.82, 2.24) is 10.6 Å². The minimum Gasteiger partial charge on any atom is -0.497 e. The average Bonchev–Trinajstić information content (AvgIpc) is 3.13. The van der Waals surface area contributed by atoms with Crippen molar-refractivity contribution < 1.29 is 4.74 Å². The molecule has 2 N–H and O–H groups in total. The molecule has 0 aliphatic heterocycles. The highest BCUT2D eigenvalue weighted by Gasteiger charge is 2.04. The van der Waals surface area contributed by atoms with E-state index in [0.29, 0.717) is 0 Å². The summed E-state index contributed by atoms with van der Waals surface area (Å²) in [6.45, 7) is 1.74. The van der Waals surface area contributed by atoms with Gasteiger partial charge in [-0.3, -0.25) is 4.99 Å². The van der Waals surface area contributed by atoms with Crippen LogP contribution >= 0.6 is 23.1 Å². The molecule has 1 aromatic heterocycles. The fraction of sp³-hybridized carbons (Fsp3) is 0.421. The number of benzene rings is 1. The number of nitrogens with one attached hydrogen (secondary N) is 2. The van der Waals surface area contributed by atoms with E-state index in [1.54, 1.807) is 18.4 Å². The van der Waals surface area contributed by atoms with E-state index in [1.165, 1.54) is 33.9 Å². The first-order valence-corrected chi connectivity index (χ1v) is 10.6. The van der Waals surface area contributed by atoms with E-state index in [1.807, 2.05) is 30.9 Å². The second-order valence-electron chi connectivity index (χ2n) is 5.55. The molecular formula is C19H27N3OS2. The molecule has 25 heavy (non-hydrogen) atoms. The molecule has 0 radical (unpaired) electrons. The lowest BCUT2D eigenvalue weighted by molar-refractivity contribution is 0.415. The molecule has 2 aromatic rings. The normalized spacial score (nSPS) is 11.4. The maximum Gasteiger partial charge on any atom is 0.191 e. The number of hydrogen-bond donors (Lipinski definition) is 2. The molecule has 4 nitrogen and oxygen atoms in total. The molecule has 0 spiro atoms. The van der Waals surface area contributed by atoms with Crippen LogP contribution in [-0.2, 0) is 6.54 Å². The van der Waals surface area contributed by atoms with Gasteiger partial charge >= 0.3 is 0 Å². The number of unbranched alkanes of at least 4 members (excludes halogenated alkanes) is 1. The van der Waals surface area contributed by atoms with Crippen LogP contribution in [0.15, 0.2) is 41.4 Å². The first-order valence-electron chi connectivity index (χ1n) is 8.43. The van der Waals surface area contributed by atoms with Crippen molar-refractivity contribution in [1.29, 1.82) is 0 Å². The molecule has 0 saturated heterocycles. The largest absolute Gasteiger partial charge is 0.497 e. The Morgan fingerprint density at radius 1 is 1.12 bits per heavy atom. The summed E-state index contributed by atoms with van der Waals surface area (Å²) in [4.78, 5) is 6.84. The average molecular weight is 378 g/mol. The Kier molecular flexibility index (Phi) is 8.69. The number of rotatable bonds is 9.